The van der Waals surface area contributed by atoms with E-state index < -0.39 is 0 Å². The van der Waals surface area contributed by atoms with Crippen molar-refractivity contribution in [1.29, 1.82) is 0 Å². The predicted octanol–water partition coefficient (Wildman–Crippen LogP) is 6.27. The monoisotopic (exact) mass is 415 g/mol. The second-order valence-corrected chi connectivity index (χ2v) is 8.70. The topological polar surface area (TPSA) is 67.2 Å². The summed E-state index contributed by atoms with van der Waals surface area (Å²) < 4.78 is 1.08. The molecule has 0 radical (unpaired) electrons. The van der Waals surface area contributed by atoms with E-state index in [0.29, 0.717) is 16.3 Å². The van der Waals surface area contributed by atoms with Crippen molar-refractivity contribution in [1.82, 2.24) is 0 Å². The highest BCUT2D eigenvalue weighted by molar-refractivity contribution is 7.20. The fourth-order valence-corrected chi connectivity index (χ4v) is 4.43. The van der Waals surface area contributed by atoms with Crippen molar-refractivity contribution in [2.75, 3.05) is 16.4 Å². The minimum Gasteiger partial charge on any atom is -0.397 e. The molecule has 0 aliphatic heterocycles. The van der Waals surface area contributed by atoms with E-state index in [2.05, 4.69) is 61.7 Å². The smallest absolute Gasteiger partial charge is 0.265 e. The van der Waals surface area contributed by atoms with E-state index in [4.69, 9.17) is 5.73 Å². The third-order valence-corrected chi connectivity index (χ3v) is 6.55. The molecule has 0 saturated carbocycles. The lowest BCUT2D eigenvalue weighted by atomic mass is 10.0. The molecule has 152 valence electrons. The number of nitrogens with two attached hydrogens (primary N) is 1. The molecule has 5 heteroatoms. The summed E-state index contributed by atoms with van der Waals surface area (Å²) in [5.74, 6) is -0.144. The number of aryl methyl sites for hydroxylation is 2. The maximum absolute atomic E-state index is 12.7. The van der Waals surface area contributed by atoms with Crippen LogP contribution in [0.25, 0.3) is 10.1 Å². The first-order chi connectivity index (χ1) is 14.4. The maximum atomic E-state index is 12.7. The number of fused-ring (bicyclic) bond motifs is 1. The summed E-state index contributed by atoms with van der Waals surface area (Å²) in [6.45, 7) is 7.22. The van der Waals surface area contributed by atoms with Gasteiger partial charge in [0.2, 0.25) is 0 Å². The van der Waals surface area contributed by atoms with Gasteiger partial charge < -0.3 is 16.4 Å². The first kappa shape index (κ1) is 20.0. The van der Waals surface area contributed by atoms with Crippen LogP contribution in [-0.2, 0) is 6.54 Å². The molecule has 0 atom stereocenters. The molecule has 0 spiro atoms. The van der Waals surface area contributed by atoms with Gasteiger partial charge in [0.25, 0.3) is 5.91 Å². The Morgan fingerprint density at radius 1 is 0.967 bits per heavy atom. The van der Waals surface area contributed by atoms with E-state index in [1.54, 1.807) is 12.1 Å². The molecule has 1 amide bonds. The van der Waals surface area contributed by atoms with Gasteiger partial charge in [-0.25, -0.2) is 0 Å². The highest BCUT2D eigenvalue weighted by Gasteiger charge is 2.12. The number of para-hydroxylation sites is 2. The van der Waals surface area contributed by atoms with Crippen molar-refractivity contribution in [2.45, 2.75) is 27.3 Å². The van der Waals surface area contributed by atoms with Gasteiger partial charge in [-0.2, -0.15) is 0 Å². The number of thiophene rings is 1. The first-order valence-electron chi connectivity index (χ1n) is 9.91. The Labute approximate surface area is 180 Å². The predicted molar refractivity (Wildman–Crippen MR) is 129 cm³/mol. The lowest BCUT2D eigenvalue weighted by Gasteiger charge is -2.11. The van der Waals surface area contributed by atoms with Crippen molar-refractivity contribution < 1.29 is 4.79 Å². The van der Waals surface area contributed by atoms with Crippen molar-refractivity contribution in [3.8, 4) is 0 Å². The second kappa shape index (κ2) is 8.20. The van der Waals surface area contributed by atoms with Crippen molar-refractivity contribution in [2.24, 2.45) is 0 Å². The van der Waals surface area contributed by atoms with Crippen LogP contribution in [0, 0.1) is 20.8 Å². The minimum atomic E-state index is -0.144. The summed E-state index contributed by atoms with van der Waals surface area (Å²) in [5, 5.41) is 7.44. The molecular formula is C25H25N3OS. The SMILES string of the molecule is Cc1cc(CNc2ccc3sc(C(=O)Nc4ccccc4N)cc3c2)cc(C)c1C. The third-order valence-electron chi connectivity index (χ3n) is 5.43. The maximum Gasteiger partial charge on any atom is 0.265 e. The zero-order chi connectivity index (χ0) is 21.3. The summed E-state index contributed by atoms with van der Waals surface area (Å²) in [4.78, 5) is 13.3. The fraction of sp³-hybridized carbons (Fsp3) is 0.160. The number of hydrogen-bond acceptors (Lipinski definition) is 4. The molecular weight excluding hydrogens is 390 g/mol. The van der Waals surface area contributed by atoms with E-state index in [0.717, 1.165) is 22.3 Å². The Hall–Kier alpha value is -3.31. The molecule has 1 aromatic heterocycles. The van der Waals surface area contributed by atoms with Crippen molar-refractivity contribution in [3.63, 3.8) is 0 Å². The van der Waals surface area contributed by atoms with Crippen LogP contribution >= 0.6 is 11.3 Å². The zero-order valence-electron chi connectivity index (χ0n) is 17.4. The lowest BCUT2D eigenvalue weighted by molar-refractivity contribution is 0.103. The minimum absolute atomic E-state index is 0.144. The normalized spacial score (nSPS) is 10.9. The number of hydrogen-bond donors (Lipinski definition) is 3. The average Bonchev–Trinajstić information content (AvgIpc) is 3.15. The Balaban J connectivity index is 1.50. The molecule has 4 aromatic rings. The number of nitrogens with one attached hydrogen (secondary N) is 2. The summed E-state index contributed by atoms with van der Waals surface area (Å²) in [6, 6.07) is 19.9. The fourth-order valence-electron chi connectivity index (χ4n) is 3.49. The van der Waals surface area contributed by atoms with Gasteiger partial charge in [0.1, 0.15) is 0 Å². The van der Waals surface area contributed by atoms with Crippen LogP contribution in [0.5, 0.6) is 0 Å². The Kier molecular flexibility index (Phi) is 5.46. The Bertz CT molecular complexity index is 1220. The van der Waals surface area contributed by atoms with Crippen LogP contribution in [0.3, 0.4) is 0 Å². The molecule has 0 aliphatic rings. The van der Waals surface area contributed by atoms with Gasteiger partial charge in [0.15, 0.2) is 0 Å². The lowest BCUT2D eigenvalue weighted by Crippen LogP contribution is -2.11. The average molecular weight is 416 g/mol. The number of carbonyl (C=O) groups is 1. The third kappa shape index (κ3) is 4.16. The first-order valence-corrected chi connectivity index (χ1v) is 10.7. The van der Waals surface area contributed by atoms with E-state index >= 15 is 0 Å². The molecule has 30 heavy (non-hydrogen) atoms. The van der Waals surface area contributed by atoms with Gasteiger partial charge in [0, 0.05) is 16.9 Å². The molecule has 0 fully saturated rings. The van der Waals surface area contributed by atoms with Crippen LogP contribution in [0.2, 0.25) is 0 Å². The number of amides is 1. The zero-order valence-corrected chi connectivity index (χ0v) is 18.2. The number of carbonyl (C=O) groups excluding carboxylic acids is 1. The highest BCUT2D eigenvalue weighted by Crippen LogP contribution is 2.29. The van der Waals surface area contributed by atoms with Crippen LogP contribution < -0.4 is 16.4 Å². The number of nitrogen functional groups attached to an aromatic ring is 1. The number of benzene rings is 3. The van der Waals surface area contributed by atoms with E-state index in [1.165, 1.54) is 33.6 Å². The van der Waals surface area contributed by atoms with E-state index in [9.17, 15) is 4.79 Å². The quantitative estimate of drug-likeness (QED) is 0.336. The summed E-state index contributed by atoms with van der Waals surface area (Å²) in [6.07, 6.45) is 0. The molecule has 0 aliphatic carbocycles. The van der Waals surface area contributed by atoms with Gasteiger partial charge >= 0.3 is 0 Å². The van der Waals surface area contributed by atoms with Gasteiger partial charge in [-0.15, -0.1) is 11.3 Å². The molecule has 0 unspecified atom stereocenters. The van der Waals surface area contributed by atoms with E-state index in [1.807, 2.05) is 18.2 Å². The molecule has 0 saturated heterocycles. The Morgan fingerprint density at radius 2 is 1.70 bits per heavy atom. The van der Waals surface area contributed by atoms with Crippen LogP contribution in [0.1, 0.15) is 31.9 Å². The second-order valence-electron chi connectivity index (χ2n) is 7.61. The molecule has 3 aromatic carbocycles. The molecule has 4 rings (SSSR count). The molecule has 1 heterocycles. The van der Waals surface area contributed by atoms with E-state index in [-0.39, 0.29) is 5.91 Å². The number of rotatable bonds is 5. The van der Waals surface area contributed by atoms with Crippen LogP contribution in [0.4, 0.5) is 17.1 Å². The molecule has 4 nitrogen and oxygen atoms in total. The number of anilines is 3. The van der Waals surface area contributed by atoms with Crippen LogP contribution in [0.15, 0.2) is 60.7 Å². The van der Waals surface area contributed by atoms with Gasteiger partial charge in [-0.3, -0.25) is 4.79 Å². The highest BCUT2D eigenvalue weighted by atomic mass is 32.1. The van der Waals surface area contributed by atoms with Gasteiger partial charge in [-0.1, -0.05) is 24.3 Å². The summed E-state index contributed by atoms with van der Waals surface area (Å²) in [7, 11) is 0. The summed E-state index contributed by atoms with van der Waals surface area (Å²) >= 11 is 1.48. The Morgan fingerprint density at radius 3 is 2.43 bits per heavy atom. The molecule has 0 bridgehead atoms. The van der Waals surface area contributed by atoms with Crippen molar-refractivity contribution >= 4 is 44.4 Å². The van der Waals surface area contributed by atoms with Gasteiger partial charge in [-0.05, 0) is 84.8 Å². The largest absolute Gasteiger partial charge is 0.397 e. The van der Waals surface area contributed by atoms with Gasteiger partial charge in [0.05, 0.1) is 16.3 Å². The van der Waals surface area contributed by atoms with Crippen LogP contribution in [-0.4, -0.2) is 5.91 Å². The van der Waals surface area contributed by atoms with Crippen molar-refractivity contribution in [3.05, 3.63) is 87.8 Å². The standard InChI is InChI=1S/C25H25N3OS/c1-15-10-18(11-16(2)17(15)3)14-27-20-8-9-23-19(12-20)13-24(30-23)25(29)28-22-7-5-4-6-21(22)26/h4-13,27H,14,26H2,1-3H3,(H,28,29). The molecule has 4 N–H and O–H groups in total. The summed E-state index contributed by atoms with van der Waals surface area (Å²) in [5.41, 5.74) is 13.4.